The zero-order valence-electron chi connectivity index (χ0n) is 15.4. The number of nitrogens with one attached hydrogen (secondary N) is 1. The molecule has 5 heteroatoms. The average molecular weight is 344 g/mol. The van der Waals surface area contributed by atoms with E-state index in [0.29, 0.717) is 6.42 Å². The van der Waals surface area contributed by atoms with Gasteiger partial charge in [0.05, 0.1) is 25.9 Å². The maximum absolute atomic E-state index is 12.5. The van der Waals surface area contributed by atoms with Crippen LogP contribution in [-0.2, 0) is 16.0 Å². The Hall–Kier alpha value is -1.85. The van der Waals surface area contributed by atoms with Crippen molar-refractivity contribution in [1.29, 1.82) is 0 Å². The van der Waals surface area contributed by atoms with Crippen LogP contribution in [-0.4, -0.2) is 49.7 Å². The molecule has 0 aliphatic carbocycles. The van der Waals surface area contributed by atoms with Crippen LogP contribution in [0.1, 0.15) is 30.0 Å². The van der Waals surface area contributed by atoms with E-state index in [1.165, 1.54) is 5.56 Å². The number of carbonyl (C=O) groups is 1. The van der Waals surface area contributed by atoms with Gasteiger partial charge < -0.3 is 14.5 Å². The third-order valence-electron chi connectivity index (χ3n) is 5.13. The van der Waals surface area contributed by atoms with Gasteiger partial charge in [0, 0.05) is 36.6 Å². The number of fused-ring (bicyclic) bond motifs is 1. The van der Waals surface area contributed by atoms with Crippen molar-refractivity contribution in [2.75, 3.05) is 32.8 Å². The van der Waals surface area contributed by atoms with Gasteiger partial charge in [-0.3, -0.25) is 9.69 Å². The lowest BCUT2D eigenvalue weighted by Gasteiger charge is -2.30. The van der Waals surface area contributed by atoms with E-state index in [9.17, 15) is 4.79 Å². The Morgan fingerprint density at radius 1 is 1.28 bits per heavy atom. The van der Waals surface area contributed by atoms with Crippen molar-refractivity contribution in [3.8, 4) is 0 Å². The Morgan fingerprint density at radius 3 is 2.76 bits per heavy atom. The van der Waals surface area contributed by atoms with Crippen molar-refractivity contribution in [2.45, 2.75) is 39.7 Å². The van der Waals surface area contributed by atoms with Gasteiger partial charge in [0.1, 0.15) is 5.58 Å². The number of benzene rings is 1. The van der Waals surface area contributed by atoms with Crippen LogP contribution in [0.4, 0.5) is 0 Å². The lowest BCUT2D eigenvalue weighted by atomic mass is 10.0. The van der Waals surface area contributed by atoms with Gasteiger partial charge in [0.2, 0.25) is 5.91 Å². The second-order valence-electron chi connectivity index (χ2n) is 6.91. The number of carbonyl (C=O) groups excluding carboxylic acids is 1. The molecule has 1 aliphatic heterocycles. The number of aryl methyl sites for hydroxylation is 2. The zero-order valence-corrected chi connectivity index (χ0v) is 15.4. The Balaban J connectivity index is 1.62. The molecule has 1 atom stereocenters. The molecular formula is C20H28N2O3. The molecule has 0 unspecified atom stereocenters. The topological polar surface area (TPSA) is 54.7 Å². The summed E-state index contributed by atoms with van der Waals surface area (Å²) in [4.78, 5) is 14.9. The fraction of sp³-hybridized carbons (Fsp3) is 0.550. The van der Waals surface area contributed by atoms with E-state index in [2.05, 4.69) is 43.1 Å². The summed E-state index contributed by atoms with van der Waals surface area (Å²) in [5.41, 5.74) is 4.19. The van der Waals surface area contributed by atoms with E-state index >= 15 is 0 Å². The first kappa shape index (κ1) is 18.0. The minimum atomic E-state index is 0.0565. The standard InChI is InChI=1S/C20H28N2O3/c1-4-17(12-22-7-9-24-10-8-22)21-19(23)11-16-13-25-20-15(3)14(2)5-6-18(16)20/h5-6,13,17H,4,7-12H2,1-3H3,(H,21,23)/t17-/m0/s1. The predicted octanol–water partition coefficient (Wildman–Crippen LogP) is 2.82. The third kappa shape index (κ3) is 4.22. The molecule has 1 aromatic carbocycles. The number of amides is 1. The minimum Gasteiger partial charge on any atom is -0.464 e. The number of rotatable bonds is 6. The van der Waals surface area contributed by atoms with E-state index < -0.39 is 0 Å². The van der Waals surface area contributed by atoms with Crippen molar-refractivity contribution >= 4 is 16.9 Å². The van der Waals surface area contributed by atoms with Gasteiger partial charge in [-0.15, -0.1) is 0 Å². The SMILES string of the molecule is CC[C@@H](CN1CCOCC1)NC(=O)Cc1coc2c(C)c(C)ccc12. The summed E-state index contributed by atoms with van der Waals surface area (Å²) in [5, 5.41) is 4.22. The molecule has 0 saturated carbocycles. The lowest BCUT2D eigenvalue weighted by molar-refractivity contribution is -0.121. The molecule has 1 saturated heterocycles. The van der Waals surface area contributed by atoms with Crippen molar-refractivity contribution in [3.63, 3.8) is 0 Å². The molecular weight excluding hydrogens is 316 g/mol. The molecule has 1 aromatic heterocycles. The molecule has 0 bridgehead atoms. The highest BCUT2D eigenvalue weighted by atomic mass is 16.5. The van der Waals surface area contributed by atoms with Gasteiger partial charge in [-0.2, -0.15) is 0 Å². The van der Waals surface area contributed by atoms with Crippen LogP contribution in [0.2, 0.25) is 0 Å². The van der Waals surface area contributed by atoms with Crippen LogP contribution < -0.4 is 5.32 Å². The molecule has 1 N–H and O–H groups in total. The molecule has 0 spiro atoms. The number of ether oxygens (including phenoxy) is 1. The third-order valence-corrected chi connectivity index (χ3v) is 5.13. The summed E-state index contributed by atoms with van der Waals surface area (Å²) in [6.07, 6.45) is 3.00. The van der Waals surface area contributed by atoms with E-state index in [4.69, 9.17) is 9.15 Å². The normalized spacial score (nSPS) is 16.9. The molecule has 1 amide bonds. The van der Waals surface area contributed by atoms with Crippen molar-refractivity contribution in [2.24, 2.45) is 0 Å². The Morgan fingerprint density at radius 2 is 2.04 bits per heavy atom. The van der Waals surface area contributed by atoms with Gasteiger partial charge >= 0.3 is 0 Å². The predicted molar refractivity (Wildman–Crippen MR) is 98.9 cm³/mol. The Kier molecular flexibility index (Phi) is 5.76. The molecule has 1 fully saturated rings. The van der Waals surface area contributed by atoms with E-state index in [-0.39, 0.29) is 11.9 Å². The van der Waals surface area contributed by atoms with Crippen LogP contribution in [0.15, 0.2) is 22.8 Å². The van der Waals surface area contributed by atoms with Gasteiger partial charge in [-0.25, -0.2) is 0 Å². The molecule has 5 nitrogen and oxygen atoms in total. The fourth-order valence-corrected chi connectivity index (χ4v) is 3.35. The number of hydrogen-bond acceptors (Lipinski definition) is 4. The number of nitrogens with zero attached hydrogens (tertiary/aromatic N) is 1. The molecule has 2 heterocycles. The minimum absolute atomic E-state index is 0.0565. The lowest BCUT2D eigenvalue weighted by Crippen LogP contribution is -2.47. The van der Waals surface area contributed by atoms with Crippen LogP contribution in [0.25, 0.3) is 11.0 Å². The van der Waals surface area contributed by atoms with Gasteiger partial charge in [-0.05, 0) is 31.4 Å². The molecule has 2 aromatic rings. The second kappa shape index (κ2) is 8.02. The number of hydrogen-bond donors (Lipinski definition) is 1. The Labute approximate surface area is 149 Å². The monoisotopic (exact) mass is 344 g/mol. The quantitative estimate of drug-likeness (QED) is 0.875. The summed E-state index contributed by atoms with van der Waals surface area (Å²) >= 11 is 0. The zero-order chi connectivity index (χ0) is 17.8. The fourth-order valence-electron chi connectivity index (χ4n) is 3.35. The molecule has 1 aliphatic rings. The van der Waals surface area contributed by atoms with E-state index in [1.807, 2.05) is 0 Å². The maximum Gasteiger partial charge on any atom is 0.224 e. The van der Waals surface area contributed by atoms with Crippen molar-refractivity contribution in [1.82, 2.24) is 10.2 Å². The summed E-state index contributed by atoms with van der Waals surface area (Å²) in [5.74, 6) is 0.0565. The second-order valence-corrected chi connectivity index (χ2v) is 6.91. The van der Waals surface area contributed by atoms with Crippen LogP contribution >= 0.6 is 0 Å². The first-order valence-corrected chi connectivity index (χ1v) is 9.14. The number of morpholine rings is 1. The number of furan rings is 1. The summed E-state index contributed by atoms with van der Waals surface area (Å²) in [6, 6.07) is 4.31. The van der Waals surface area contributed by atoms with Crippen LogP contribution in [0.3, 0.4) is 0 Å². The van der Waals surface area contributed by atoms with Crippen molar-refractivity contribution in [3.05, 3.63) is 35.1 Å². The largest absolute Gasteiger partial charge is 0.464 e. The van der Waals surface area contributed by atoms with Crippen molar-refractivity contribution < 1.29 is 13.9 Å². The van der Waals surface area contributed by atoms with Gasteiger partial charge in [0.25, 0.3) is 0 Å². The van der Waals surface area contributed by atoms with Gasteiger partial charge in [-0.1, -0.05) is 19.1 Å². The highest BCUT2D eigenvalue weighted by Gasteiger charge is 2.18. The Bertz CT molecular complexity index is 732. The van der Waals surface area contributed by atoms with E-state index in [1.54, 1.807) is 6.26 Å². The first-order chi connectivity index (χ1) is 12.1. The average Bonchev–Trinajstić information content (AvgIpc) is 3.02. The smallest absolute Gasteiger partial charge is 0.224 e. The molecule has 3 rings (SSSR count). The van der Waals surface area contributed by atoms with Crippen LogP contribution in [0, 0.1) is 13.8 Å². The molecule has 0 radical (unpaired) electrons. The summed E-state index contributed by atoms with van der Waals surface area (Å²) in [7, 11) is 0. The van der Waals surface area contributed by atoms with Crippen LogP contribution in [0.5, 0.6) is 0 Å². The highest BCUT2D eigenvalue weighted by Crippen LogP contribution is 2.26. The highest BCUT2D eigenvalue weighted by molar-refractivity contribution is 5.89. The summed E-state index contributed by atoms with van der Waals surface area (Å²) < 4.78 is 11.1. The van der Waals surface area contributed by atoms with E-state index in [0.717, 1.165) is 61.4 Å². The molecule has 25 heavy (non-hydrogen) atoms. The summed E-state index contributed by atoms with van der Waals surface area (Å²) in [6.45, 7) is 10.6. The van der Waals surface area contributed by atoms with Gasteiger partial charge in [0.15, 0.2) is 0 Å². The first-order valence-electron chi connectivity index (χ1n) is 9.14. The maximum atomic E-state index is 12.5. The molecule has 136 valence electrons.